The molecule has 4 aromatic rings. The lowest BCUT2D eigenvalue weighted by Gasteiger charge is -2.11. The largest absolute Gasteiger partial charge is 0.481 e. The highest BCUT2D eigenvalue weighted by Gasteiger charge is 2.51. The fourth-order valence-electron chi connectivity index (χ4n) is 4.09. The molecule has 0 radical (unpaired) electrons. The summed E-state index contributed by atoms with van der Waals surface area (Å²) in [5, 5.41) is 16.8. The third-order valence-corrected chi connectivity index (χ3v) is 6.30. The van der Waals surface area contributed by atoms with Crippen LogP contribution in [0.25, 0.3) is 22.5 Å². The molecule has 0 saturated heterocycles. The minimum Gasteiger partial charge on any atom is -0.481 e. The SMILES string of the molecule is CC(=O)c1cccc(Nc2c(C)noc2-c2ccc(-c3ccc(C4(C(=O)O)CC4)cc3)cc2)n1. The van der Waals surface area contributed by atoms with Gasteiger partial charge >= 0.3 is 5.97 Å². The van der Waals surface area contributed by atoms with Crippen molar-refractivity contribution in [3.8, 4) is 22.5 Å². The second-order valence-electron chi connectivity index (χ2n) is 8.60. The van der Waals surface area contributed by atoms with Crippen molar-refractivity contribution >= 4 is 23.3 Å². The molecule has 1 aliphatic carbocycles. The van der Waals surface area contributed by atoms with Crippen LogP contribution in [0.2, 0.25) is 0 Å². The molecular formula is C27H23N3O4. The third-order valence-electron chi connectivity index (χ3n) is 6.30. The van der Waals surface area contributed by atoms with Crippen LogP contribution in [-0.4, -0.2) is 27.0 Å². The molecule has 0 bridgehead atoms. The molecule has 0 atom stereocenters. The lowest BCUT2D eigenvalue weighted by Crippen LogP contribution is -2.19. The Hall–Kier alpha value is -4.26. The van der Waals surface area contributed by atoms with Gasteiger partial charge in [-0.25, -0.2) is 4.98 Å². The van der Waals surface area contributed by atoms with E-state index in [9.17, 15) is 14.7 Å². The van der Waals surface area contributed by atoms with Crippen LogP contribution in [0.1, 0.15) is 41.5 Å². The van der Waals surface area contributed by atoms with Crippen LogP contribution in [0, 0.1) is 6.92 Å². The molecule has 7 heteroatoms. The van der Waals surface area contributed by atoms with Crippen molar-refractivity contribution < 1.29 is 19.2 Å². The quantitative estimate of drug-likeness (QED) is 0.342. The number of anilines is 2. The molecule has 34 heavy (non-hydrogen) atoms. The van der Waals surface area contributed by atoms with Gasteiger partial charge in [0.05, 0.1) is 5.41 Å². The Morgan fingerprint density at radius 3 is 2.15 bits per heavy atom. The fourth-order valence-corrected chi connectivity index (χ4v) is 4.09. The topological polar surface area (TPSA) is 105 Å². The Morgan fingerprint density at radius 2 is 1.56 bits per heavy atom. The minimum atomic E-state index is -0.750. The third kappa shape index (κ3) is 3.85. The van der Waals surface area contributed by atoms with Crippen LogP contribution >= 0.6 is 0 Å². The van der Waals surface area contributed by atoms with E-state index in [4.69, 9.17) is 4.52 Å². The zero-order chi connectivity index (χ0) is 23.9. The summed E-state index contributed by atoms with van der Waals surface area (Å²) in [7, 11) is 0. The highest BCUT2D eigenvalue weighted by molar-refractivity contribution is 5.92. The Morgan fingerprint density at radius 1 is 0.941 bits per heavy atom. The summed E-state index contributed by atoms with van der Waals surface area (Å²) in [5.41, 5.74) is 4.77. The molecule has 2 aromatic heterocycles. The number of hydrogen-bond donors (Lipinski definition) is 2. The van der Waals surface area contributed by atoms with Crippen molar-refractivity contribution in [3.63, 3.8) is 0 Å². The number of carboxylic acids is 1. The van der Waals surface area contributed by atoms with E-state index in [1.165, 1.54) is 6.92 Å². The number of aryl methyl sites for hydroxylation is 1. The molecule has 0 amide bonds. The number of carboxylic acid groups (broad SMARTS) is 1. The van der Waals surface area contributed by atoms with Crippen LogP contribution in [0.4, 0.5) is 11.5 Å². The van der Waals surface area contributed by atoms with Gasteiger partial charge in [-0.05, 0) is 48.6 Å². The molecule has 0 spiro atoms. The first-order valence-corrected chi connectivity index (χ1v) is 11.0. The second-order valence-corrected chi connectivity index (χ2v) is 8.60. The number of nitrogens with one attached hydrogen (secondary N) is 1. The van der Waals surface area contributed by atoms with E-state index in [0.717, 1.165) is 22.3 Å². The van der Waals surface area contributed by atoms with Gasteiger partial charge < -0.3 is 14.9 Å². The first-order valence-electron chi connectivity index (χ1n) is 11.0. The van der Waals surface area contributed by atoms with E-state index >= 15 is 0 Å². The Bertz CT molecular complexity index is 1380. The molecule has 2 heterocycles. The van der Waals surface area contributed by atoms with Crippen LogP contribution in [0.3, 0.4) is 0 Å². The first kappa shape index (κ1) is 21.6. The maximum absolute atomic E-state index is 11.7. The molecule has 1 aliphatic rings. The predicted octanol–water partition coefficient (Wildman–Crippen LogP) is 5.77. The number of benzene rings is 2. The van der Waals surface area contributed by atoms with Gasteiger partial charge in [-0.3, -0.25) is 9.59 Å². The summed E-state index contributed by atoms with van der Waals surface area (Å²) in [4.78, 5) is 27.6. The standard InChI is InChI=1S/C27H23N3O4/c1-16-24(29-23-5-3-4-22(28-23)17(2)31)25(34-30-16)20-8-6-18(7-9-20)19-10-12-21(13-11-19)27(14-15-27)26(32)33/h3-13H,14-15H2,1-2H3,(H,28,29)(H,32,33). The van der Waals surface area contributed by atoms with Gasteiger partial charge in [0.2, 0.25) is 0 Å². The number of aromatic nitrogens is 2. The summed E-state index contributed by atoms with van der Waals surface area (Å²) < 4.78 is 5.60. The molecule has 170 valence electrons. The molecule has 2 N–H and O–H groups in total. The van der Waals surface area contributed by atoms with E-state index in [1.807, 2.05) is 55.5 Å². The van der Waals surface area contributed by atoms with E-state index in [1.54, 1.807) is 18.2 Å². The molecule has 0 unspecified atom stereocenters. The summed E-state index contributed by atoms with van der Waals surface area (Å²) in [6.45, 7) is 3.32. The number of aliphatic carboxylic acids is 1. The van der Waals surface area contributed by atoms with Gasteiger partial charge in [-0.1, -0.05) is 59.8 Å². The second kappa shape index (κ2) is 8.26. The summed E-state index contributed by atoms with van der Waals surface area (Å²) in [5.74, 6) is 0.252. The van der Waals surface area contributed by atoms with E-state index in [-0.39, 0.29) is 5.78 Å². The van der Waals surface area contributed by atoms with E-state index in [2.05, 4.69) is 15.5 Å². The van der Waals surface area contributed by atoms with Gasteiger partial charge in [0.15, 0.2) is 11.5 Å². The van der Waals surface area contributed by atoms with Crippen LogP contribution in [-0.2, 0) is 10.2 Å². The maximum Gasteiger partial charge on any atom is 0.314 e. The molecule has 1 saturated carbocycles. The normalized spacial score (nSPS) is 13.9. The zero-order valence-corrected chi connectivity index (χ0v) is 18.8. The zero-order valence-electron chi connectivity index (χ0n) is 18.8. The van der Waals surface area contributed by atoms with Gasteiger partial charge in [0, 0.05) is 12.5 Å². The Balaban J connectivity index is 1.39. The summed E-state index contributed by atoms with van der Waals surface area (Å²) >= 11 is 0. The number of nitrogens with zero attached hydrogens (tertiary/aromatic N) is 2. The van der Waals surface area contributed by atoms with E-state index < -0.39 is 11.4 Å². The van der Waals surface area contributed by atoms with Crippen molar-refractivity contribution in [2.24, 2.45) is 0 Å². The lowest BCUT2D eigenvalue weighted by atomic mass is 9.93. The van der Waals surface area contributed by atoms with Gasteiger partial charge in [-0.15, -0.1) is 0 Å². The number of pyridine rings is 1. The number of carbonyl (C=O) groups excluding carboxylic acids is 1. The van der Waals surface area contributed by atoms with Crippen molar-refractivity contribution in [3.05, 3.63) is 83.7 Å². The Labute approximate surface area is 196 Å². The van der Waals surface area contributed by atoms with Crippen molar-refractivity contribution in [1.82, 2.24) is 10.1 Å². The smallest absolute Gasteiger partial charge is 0.314 e. The molecule has 7 nitrogen and oxygen atoms in total. The van der Waals surface area contributed by atoms with Crippen molar-refractivity contribution in [1.29, 1.82) is 0 Å². The summed E-state index contributed by atoms with van der Waals surface area (Å²) in [6, 6.07) is 20.9. The molecular weight excluding hydrogens is 430 g/mol. The predicted molar refractivity (Wildman–Crippen MR) is 128 cm³/mol. The number of carbonyl (C=O) groups is 2. The molecule has 2 aromatic carbocycles. The van der Waals surface area contributed by atoms with Crippen LogP contribution in [0.5, 0.6) is 0 Å². The number of ketones is 1. The summed E-state index contributed by atoms with van der Waals surface area (Å²) in [6.07, 6.45) is 1.38. The maximum atomic E-state index is 11.7. The first-order chi connectivity index (χ1) is 16.4. The number of Topliss-reactive ketones (excluding diaryl/α,β-unsaturated/α-hetero) is 1. The van der Waals surface area contributed by atoms with Gasteiger partial charge in [0.25, 0.3) is 0 Å². The van der Waals surface area contributed by atoms with Crippen molar-refractivity contribution in [2.45, 2.75) is 32.1 Å². The van der Waals surface area contributed by atoms with Crippen LogP contribution in [0.15, 0.2) is 71.3 Å². The monoisotopic (exact) mass is 453 g/mol. The minimum absolute atomic E-state index is 0.107. The highest BCUT2D eigenvalue weighted by Crippen LogP contribution is 2.48. The van der Waals surface area contributed by atoms with E-state index in [0.29, 0.717) is 41.5 Å². The highest BCUT2D eigenvalue weighted by atomic mass is 16.5. The van der Waals surface area contributed by atoms with Gasteiger partial charge in [-0.2, -0.15) is 0 Å². The molecule has 0 aliphatic heterocycles. The average Bonchev–Trinajstić information content (AvgIpc) is 3.59. The molecule has 5 rings (SSSR count). The number of rotatable bonds is 7. The van der Waals surface area contributed by atoms with Crippen molar-refractivity contribution in [2.75, 3.05) is 5.32 Å². The lowest BCUT2D eigenvalue weighted by molar-refractivity contribution is -0.140. The number of hydrogen-bond acceptors (Lipinski definition) is 6. The fraction of sp³-hybridized carbons (Fsp3) is 0.185. The van der Waals surface area contributed by atoms with Crippen LogP contribution < -0.4 is 5.32 Å². The molecule has 1 fully saturated rings. The Kier molecular flexibility index (Phi) is 5.24. The average molecular weight is 453 g/mol. The van der Waals surface area contributed by atoms with Gasteiger partial charge in [0.1, 0.15) is 22.9 Å².